The van der Waals surface area contributed by atoms with E-state index in [1.54, 1.807) is 0 Å². The van der Waals surface area contributed by atoms with Crippen LogP contribution in [0.5, 0.6) is 0 Å². The van der Waals surface area contributed by atoms with E-state index in [2.05, 4.69) is 27.8 Å². The molecule has 10 heavy (non-hydrogen) atoms. The zero-order chi connectivity index (χ0) is 7.40. The number of hydrogen-bond donors (Lipinski definition) is 0. The third-order valence-electron chi connectivity index (χ3n) is 1.88. The third-order valence-corrected chi connectivity index (χ3v) is 2.23. The summed E-state index contributed by atoms with van der Waals surface area (Å²) < 4.78 is 5.30. The molecule has 0 radical (unpaired) electrons. The van der Waals surface area contributed by atoms with Crippen LogP contribution in [-0.4, -0.2) is 42.6 Å². The number of ether oxygens (including phenoxy) is 1. The fourth-order valence-corrected chi connectivity index (χ4v) is 1.66. The van der Waals surface area contributed by atoms with Gasteiger partial charge in [-0.05, 0) is 6.92 Å². The molecule has 0 aromatic carbocycles. The molecule has 3 heteroatoms. The average Bonchev–Trinajstić information content (AvgIpc) is 1.94. The van der Waals surface area contributed by atoms with Crippen molar-refractivity contribution in [1.29, 1.82) is 0 Å². The van der Waals surface area contributed by atoms with Crippen molar-refractivity contribution in [3.63, 3.8) is 0 Å². The van der Waals surface area contributed by atoms with E-state index in [0.717, 1.165) is 31.6 Å². The van der Waals surface area contributed by atoms with Crippen molar-refractivity contribution < 1.29 is 4.74 Å². The molecule has 1 unspecified atom stereocenters. The SMILES string of the molecule is CC1COCCN1CCBr. The predicted molar refractivity (Wildman–Crippen MR) is 45.6 cm³/mol. The molecule has 60 valence electrons. The minimum Gasteiger partial charge on any atom is -0.379 e. The number of morpholine rings is 1. The predicted octanol–water partition coefficient (Wildman–Crippen LogP) is 1.10. The Hall–Kier alpha value is 0.400. The minimum atomic E-state index is 0.603. The van der Waals surface area contributed by atoms with Gasteiger partial charge in [-0.3, -0.25) is 4.90 Å². The average molecular weight is 208 g/mol. The van der Waals surface area contributed by atoms with E-state index < -0.39 is 0 Å². The lowest BCUT2D eigenvalue weighted by Gasteiger charge is -2.32. The maximum absolute atomic E-state index is 5.30. The summed E-state index contributed by atoms with van der Waals surface area (Å²) in [6.07, 6.45) is 0. The highest BCUT2D eigenvalue weighted by atomic mass is 79.9. The standard InChI is InChI=1S/C7H14BrNO/c1-7-6-10-5-4-9(7)3-2-8/h7H,2-6H2,1H3. The molecule has 1 aliphatic heterocycles. The summed E-state index contributed by atoms with van der Waals surface area (Å²) in [5.41, 5.74) is 0. The van der Waals surface area contributed by atoms with Crippen LogP contribution >= 0.6 is 15.9 Å². The molecule has 0 aromatic heterocycles. The highest BCUT2D eigenvalue weighted by Crippen LogP contribution is 2.05. The fraction of sp³-hybridized carbons (Fsp3) is 1.00. The second-order valence-electron chi connectivity index (χ2n) is 2.65. The number of halogens is 1. The van der Waals surface area contributed by atoms with E-state index in [1.165, 1.54) is 0 Å². The Morgan fingerprint density at radius 3 is 3.10 bits per heavy atom. The molecule has 2 nitrogen and oxygen atoms in total. The van der Waals surface area contributed by atoms with E-state index in [-0.39, 0.29) is 0 Å². The summed E-state index contributed by atoms with van der Waals surface area (Å²) in [5, 5.41) is 1.07. The molecule has 0 bridgehead atoms. The second kappa shape index (κ2) is 4.31. The molecule has 0 saturated carbocycles. The monoisotopic (exact) mass is 207 g/mol. The van der Waals surface area contributed by atoms with Gasteiger partial charge in [0, 0.05) is 24.5 Å². The van der Waals surface area contributed by atoms with Crippen LogP contribution in [0.4, 0.5) is 0 Å². The van der Waals surface area contributed by atoms with Gasteiger partial charge in [0.05, 0.1) is 13.2 Å². The smallest absolute Gasteiger partial charge is 0.0619 e. The van der Waals surface area contributed by atoms with Gasteiger partial charge in [0.15, 0.2) is 0 Å². The minimum absolute atomic E-state index is 0.603. The first-order valence-electron chi connectivity index (χ1n) is 3.72. The zero-order valence-corrected chi connectivity index (χ0v) is 7.93. The van der Waals surface area contributed by atoms with Gasteiger partial charge in [-0.2, -0.15) is 0 Å². The van der Waals surface area contributed by atoms with Crippen LogP contribution in [0, 0.1) is 0 Å². The molecule has 1 heterocycles. The third kappa shape index (κ3) is 2.22. The summed E-state index contributed by atoms with van der Waals surface area (Å²) in [5.74, 6) is 0. The Labute approximate surface area is 70.7 Å². The van der Waals surface area contributed by atoms with Gasteiger partial charge in [-0.15, -0.1) is 0 Å². The number of nitrogens with zero attached hydrogens (tertiary/aromatic N) is 1. The van der Waals surface area contributed by atoms with Gasteiger partial charge in [0.25, 0.3) is 0 Å². The highest BCUT2D eigenvalue weighted by molar-refractivity contribution is 9.09. The Bertz CT molecular complexity index is 97.6. The molecule has 0 N–H and O–H groups in total. The molecule has 0 spiro atoms. The Kier molecular flexibility index (Phi) is 3.66. The first-order chi connectivity index (χ1) is 4.84. The largest absolute Gasteiger partial charge is 0.379 e. The van der Waals surface area contributed by atoms with Crippen LogP contribution in [-0.2, 0) is 4.74 Å². The van der Waals surface area contributed by atoms with E-state index in [0.29, 0.717) is 6.04 Å². The number of hydrogen-bond acceptors (Lipinski definition) is 2. The van der Waals surface area contributed by atoms with Crippen molar-refractivity contribution in [2.75, 3.05) is 31.6 Å². The van der Waals surface area contributed by atoms with Crippen LogP contribution < -0.4 is 0 Å². The molecule has 1 atom stereocenters. The summed E-state index contributed by atoms with van der Waals surface area (Å²) >= 11 is 3.43. The fourth-order valence-electron chi connectivity index (χ4n) is 1.20. The van der Waals surface area contributed by atoms with E-state index >= 15 is 0 Å². The number of rotatable bonds is 2. The number of alkyl halides is 1. The van der Waals surface area contributed by atoms with Crippen molar-refractivity contribution in [2.24, 2.45) is 0 Å². The van der Waals surface area contributed by atoms with Crippen LogP contribution in [0.3, 0.4) is 0 Å². The van der Waals surface area contributed by atoms with Crippen molar-refractivity contribution in [1.82, 2.24) is 4.90 Å². The first-order valence-corrected chi connectivity index (χ1v) is 4.84. The summed E-state index contributed by atoms with van der Waals surface area (Å²) in [6, 6.07) is 0.603. The van der Waals surface area contributed by atoms with Gasteiger partial charge in [-0.25, -0.2) is 0 Å². The van der Waals surface area contributed by atoms with Gasteiger partial charge in [-0.1, -0.05) is 15.9 Å². The van der Waals surface area contributed by atoms with Crippen LogP contribution in [0.15, 0.2) is 0 Å². The first kappa shape index (κ1) is 8.50. The molecule has 0 amide bonds. The van der Waals surface area contributed by atoms with Gasteiger partial charge < -0.3 is 4.74 Å². The van der Waals surface area contributed by atoms with Crippen molar-refractivity contribution in [3.8, 4) is 0 Å². The normalized spacial score (nSPS) is 28.8. The lowest BCUT2D eigenvalue weighted by atomic mass is 10.2. The molecule has 1 rings (SSSR count). The van der Waals surface area contributed by atoms with Gasteiger partial charge in [0.2, 0.25) is 0 Å². The molecule has 1 aliphatic rings. The van der Waals surface area contributed by atoms with E-state index in [1.807, 2.05) is 0 Å². The second-order valence-corrected chi connectivity index (χ2v) is 3.44. The molecular formula is C7H14BrNO. The Morgan fingerprint density at radius 1 is 1.70 bits per heavy atom. The molecule has 0 aliphatic carbocycles. The van der Waals surface area contributed by atoms with Crippen molar-refractivity contribution in [3.05, 3.63) is 0 Å². The molecular weight excluding hydrogens is 194 g/mol. The quantitative estimate of drug-likeness (QED) is 0.630. The van der Waals surface area contributed by atoms with Crippen LogP contribution in [0.2, 0.25) is 0 Å². The maximum atomic E-state index is 5.30. The summed E-state index contributed by atoms with van der Waals surface area (Å²) in [7, 11) is 0. The van der Waals surface area contributed by atoms with Gasteiger partial charge in [0.1, 0.15) is 0 Å². The topological polar surface area (TPSA) is 12.5 Å². The van der Waals surface area contributed by atoms with Crippen LogP contribution in [0.1, 0.15) is 6.92 Å². The lowest BCUT2D eigenvalue weighted by molar-refractivity contribution is 0.00311. The van der Waals surface area contributed by atoms with Crippen molar-refractivity contribution in [2.45, 2.75) is 13.0 Å². The molecule has 1 saturated heterocycles. The maximum Gasteiger partial charge on any atom is 0.0619 e. The Morgan fingerprint density at radius 2 is 2.50 bits per heavy atom. The molecule has 0 aromatic rings. The summed E-state index contributed by atoms with van der Waals surface area (Å²) in [4.78, 5) is 2.44. The molecule has 1 fully saturated rings. The van der Waals surface area contributed by atoms with E-state index in [9.17, 15) is 0 Å². The van der Waals surface area contributed by atoms with Gasteiger partial charge >= 0.3 is 0 Å². The Balaban J connectivity index is 2.25. The zero-order valence-electron chi connectivity index (χ0n) is 6.35. The van der Waals surface area contributed by atoms with Crippen molar-refractivity contribution >= 4 is 15.9 Å². The summed E-state index contributed by atoms with van der Waals surface area (Å²) in [6.45, 7) is 6.24. The lowest BCUT2D eigenvalue weighted by Crippen LogP contribution is -2.44. The van der Waals surface area contributed by atoms with E-state index in [4.69, 9.17) is 4.74 Å². The highest BCUT2D eigenvalue weighted by Gasteiger charge is 2.16. The van der Waals surface area contributed by atoms with Crippen LogP contribution in [0.25, 0.3) is 0 Å².